The number of nitrogens with zero attached hydrogens (tertiary/aromatic N) is 2. The molecule has 0 atom stereocenters. The molecule has 0 aliphatic heterocycles. The lowest BCUT2D eigenvalue weighted by atomic mass is 10.1. The standard InChI is InChI=1S/C13H23N5O2S/c1-13(2,3)17-21(19,20)18(8-6-12(14)15)10-11-5-4-7-16-9-11/h4-5,7,9,17H,6,8,10H2,1-3H3,(H3,14,15). The van der Waals surface area contributed by atoms with Gasteiger partial charge in [-0.2, -0.15) is 17.4 Å². The second kappa shape index (κ2) is 6.97. The zero-order valence-corrected chi connectivity index (χ0v) is 13.4. The summed E-state index contributed by atoms with van der Waals surface area (Å²) in [4.78, 5) is 3.98. The van der Waals surface area contributed by atoms with E-state index < -0.39 is 15.7 Å². The second-order valence-corrected chi connectivity index (χ2v) is 7.50. The highest BCUT2D eigenvalue weighted by Crippen LogP contribution is 2.11. The molecular formula is C13H23N5O2S. The zero-order valence-electron chi connectivity index (χ0n) is 12.6. The summed E-state index contributed by atoms with van der Waals surface area (Å²) in [7, 11) is -3.67. The molecule has 1 heterocycles. The summed E-state index contributed by atoms with van der Waals surface area (Å²) in [5.74, 6) is -0.0443. The Morgan fingerprint density at radius 2 is 2.14 bits per heavy atom. The van der Waals surface area contributed by atoms with Gasteiger partial charge in [0.15, 0.2) is 0 Å². The maximum Gasteiger partial charge on any atom is 0.280 e. The van der Waals surface area contributed by atoms with Crippen LogP contribution in [0.2, 0.25) is 0 Å². The van der Waals surface area contributed by atoms with Gasteiger partial charge in [0.05, 0.1) is 5.84 Å². The summed E-state index contributed by atoms with van der Waals surface area (Å²) in [5.41, 5.74) is 5.53. The van der Waals surface area contributed by atoms with E-state index in [1.807, 2.05) is 0 Å². The van der Waals surface area contributed by atoms with Gasteiger partial charge in [0, 0.05) is 37.4 Å². The molecule has 0 spiro atoms. The number of aromatic nitrogens is 1. The zero-order chi connectivity index (χ0) is 16.1. The van der Waals surface area contributed by atoms with Gasteiger partial charge in [-0.25, -0.2) is 0 Å². The van der Waals surface area contributed by atoms with Crippen LogP contribution < -0.4 is 10.5 Å². The van der Waals surface area contributed by atoms with Gasteiger partial charge in [0.2, 0.25) is 0 Å². The minimum absolute atomic E-state index is 0.0443. The van der Waals surface area contributed by atoms with Crippen LogP contribution in [0.25, 0.3) is 0 Å². The van der Waals surface area contributed by atoms with E-state index in [4.69, 9.17) is 11.1 Å². The highest BCUT2D eigenvalue weighted by Gasteiger charge is 2.27. The van der Waals surface area contributed by atoms with E-state index >= 15 is 0 Å². The van der Waals surface area contributed by atoms with Crippen LogP contribution in [0, 0.1) is 5.41 Å². The van der Waals surface area contributed by atoms with Gasteiger partial charge < -0.3 is 5.73 Å². The van der Waals surface area contributed by atoms with Crippen molar-refractivity contribution in [3.05, 3.63) is 30.1 Å². The number of rotatable bonds is 7. The molecule has 0 aromatic carbocycles. The van der Waals surface area contributed by atoms with Gasteiger partial charge in [-0.15, -0.1) is 0 Å². The topological polar surface area (TPSA) is 112 Å². The van der Waals surface area contributed by atoms with Gasteiger partial charge >= 0.3 is 0 Å². The van der Waals surface area contributed by atoms with Crippen LogP contribution in [0.15, 0.2) is 24.5 Å². The Balaban J connectivity index is 2.93. The van der Waals surface area contributed by atoms with Gasteiger partial charge in [-0.3, -0.25) is 10.4 Å². The van der Waals surface area contributed by atoms with Gasteiger partial charge in [0.1, 0.15) is 0 Å². The largest absolute Gasteiger partial charge is 0.388 e. The van der Waals surface area contributed by atoms with Crippen molar-refractivity contribution >= 4 is 16.0 Å². The van der Waals surface area contributed by atoms with E-state index in [1.54, 1.807) is 45.3 Å². The number of nitrogens with one attached hydrogen (secondary N) is 2. The van der Waals surface area contributed by atoms with Gasteiger partial charge in [0.25, 0.3) is 10.2 Å². The smallest absolute Gasteiger partial charge is 0.280 e. The molecule has 4 N–H and O–H groups in total. The molecule has 0 unspecified atom stereocenters. The van der Waals surface area contributed by atoms with E-state index in [9.17, 15) is 8.42 Å². The van der Waals surface area contributed by atoms with Crippen molar-refractivity contribution in [1.82, 2.24) is 14.0 Å². The summed E-state index contributed by atoms with van der Waals surface area (Å²) in [6.45, 7) is 5.66. The van der Waals surface area contributed by atoms with E-state index in [2.05, 4.69) is 9.71 Å². The maximum absolute atomic E-state index is 12.4. The molecule has 0 radical (unpaired) electrons. The third kappa shape index (κ3) is 6.65. The molecule has 1 aromatic rings. The van der Waals surface area contributed by atoms with Crippen molar-refractivity contribution < 1.29 is 8.42 Å². The highest BCUT2D eigenvalue weighted by atomic mass is 32.2. The molecule has 0 amide bonds. The van der Waals surface area contributed by atoms with E-state index in [-0.39, 0.29) is 25.3 Å². The predicted octanol–water partition coefficient (Wildman–Crippen LogP) is 0.843. The molecule has 0 saturated heterocycles. The molecule has 0 bridgehead atoms. The first-order valence-electron chi connectivity index (χ1n) is 6.61. The fraction of sp³-hybridized carbons (Fsp3) is 0.538. The van der Waals surface area contributed by atoms with Crippen LogP contribution in [-0.4, -0.2) is 35.6 Å². The van der Waals surface area contributed by atoms with Crippen LogP contribution in [0.4, 0.5) is 0 Å². The molecule has 21 heavy (non-hydrogen) atoms. The third-order valence-electron chi connectivity index (χ3n) is 2.49. The SMILES string of the molecule is CC(C)(C)NS(=O)(=O)N(CCC(=N)N)Cc1cccnc1. The molecule has 0 aliphatic carbocycles. The molecule has 8 heteroatoms. The molecule has 1 rings (SSSR count). The Morgan fingerprint density at radius 3 is 2.62 bits per heavy atom. The van der Waals surface area contributed by atoms with Crippen LogP contribution >= 0.6 is 0 Å². The molecular weight excluding hydrogens is 290 g/mol. The number of pyridine rings is 1. The van der Waals surface area contributed by atoms with E-state index in [0.717, 1.165) is 5.56 Å². The van der Waals surface area contributed by atoms with Crippen molar-refractivity contribution in [3.63, 3.8) is 0 Å². The monoisotopic (exact) mass is 313 g/mol. The minimum Gasteiger partial charge on any atom is -0.388 e. The maximum atomic E-state index is 12.4. The van der Waals surface area contributed by atoms with Crippen molar-refractivity contribution in [2.75, 3.05) is 6.54 Å². The second-order valence-electron chi connectivity index (χ2n) is 5.83. The fourth-order valence-corrected chi connectivity index (χ4v) is 3.23. The predicted molar refractivity (Wildman–Crippen MR) is 83.0 cm³/mol. The molecule has 0 fully saturated rings. The summed E-state index contributed by atoms with van der Waals surface area (Å²) in [6.07, 6.45) is 3.43. The molecule has 0 aliphatic rings. The molecule has 118 valence electrons. The number of hydrogen-bond acceptors (Lipinski definition) is 4. The van der Waals surface area contributed by atoms with Crippen molar-refractivity contribution in [2.24, 2.45) is 5.73 Å². The molecule has 1 aromatic heterocycles. The Kier molecular flexibility index (Phi) is 5.82. The average molecular weight is 313 g/mol. The van der Waals surface area contributed by atoms with E-state index in [1.165, 1.54) is 4.31 Å². The quantitative estimate of drug-likeness (QED) is 0.511. The first kappa shape index (κ1) is 17.5. The lowest BCUT2D eigenvalue weighted by Gasteiger charge is -2.27. The average Bonchev–Trinajstić information content (AvgIpc) is 2.32. The first-order valence-corrected chi connectivity index (χ1v) is 8.05. The van der Waals surface area contributed by atoms with Crippen molar-refractivity contribution in [3.8, 4) is 0 Å². The Labute approximate surface area is 126 Å². The van der Waals surface area contributed by atoms with Crippen LogP contribution in [0.5, 0.6) is 0 Å². The Bertz CT molecular complexity index is 566. The van der Waals surface area contributed by atoms with E-state index in [0.29, 0.717) is 0 Å². The first-order chi connectivity index (χ1) is 9.60. The fourth-order valence-electron chi connectivity index (χ4n) is 1.68. The summed E-state index contributed by atoms with van der Waals surface area (Å²) in [5, 5.41) is 7.28. The number of amidine groups is 1. The summed E-state index contributed by atoms with van der Waals surface area (Å²) >= 11 is 0. The van der Waals surface area contributed by atoms with Crippen LogP contribution in [-0.2, 0) is 16.8 Å². The highest BCUT2D eigenvalue weighted by molar-refractivity contribution is 7.87. The molecule has 0 saturated carbocycles. The Morgan fingerprint density at radius 1 is 1.48 bits per heavy atom. The Hall–Kier alpha value is -1.51. The molecule has 7 nitrogen and oxygen atoms in total. The van der Waals surface area contributed by atoms with Crippen molar-refractivity contribution in [1.29, 1.82) is 5.41 Å². The van der Waals surface area contributed by atoms with Gasteiger partial charge in [-0.1, -0.05) is 6.07 Å². The van der Waals surface area contributed by atoms with Crippen LogP contribution in [0.1, 0.15) is 32.8 Å². The number of nitrogens with two attached hydrogens (primary N) is 1. The minimum atomic E-state index is -3.67. The van der Waals surface area contributed by atoms with Crippen LogP contribution in [0.3, 0.4) is 0 Å². The van der Waals surface area contributed by atoms with Crippen molar-refractivity contribution in [2.45, 2.75) is 39.3 Å². The normalized spacial score (nSPS) is 12.6. The van der Waals surface area contributed by atoms with Gasteiger partial charge in [-0.05, 0) is 32.4 Å². The number of hydrogen-bond donors (Lipinski definition) is 3. The summed E-state index contributed by atoms with van der Waals surface area (Å²) in [6, 6.07) is 3.56. The lowest BCUT2D eigenvalue weighted by molar-refractivity contribution is 0.385. The summed E-state index contributed by atoms with van der Waals surface area (Å²) < 4.78 is 28.8. The third-order valence-corrected chi connectivity index (χ3v) is 4.35. The lowest BCUT2D eigenvalue weighted by Crippen LogP contribution is -2.49.